The van der Waals surface area contributed by atoms with Gasteiger partial charge in [-0.2, -0.15) is 4.98 Å². The van der Waals surface area contributed by atoms with Gasteiger partial charge < -0.3 is 29.9 Å². The Kier molecular flexibility index (Phi) is 7.67. The van der Waals surface area contributed by atoms with Gasteiger partial charge in [0.1, 0.15) is 5.75 Å². The molecule has 1 aliphatic carbocycles. The van der Waals surface area contributed by atoms with Crippen molar-refractivity contribution in [1.29, 1.82) is 0 Å². The molecule has 2 saturated heterocycles. The van der Waals surface area contributed by atoms with E-state index in [1.807, 2.05) is 15.9 Å². The van der Waals surface area contributed by atoms with Crippen molar-refractivity contribution in [3.05, 3.63) is 30.1 Å². The SMILES string of the molecule is COc1cc(C2CCN(C(=O)N3CCOCC3)CC2)ccc1Nc1nc(NC2CCCCC2)c2[nH]c[nH+]c2n1. The summed E-state index contributed by atoms with van der Waals surface area (Å²) in [4.78, 5) is 32.7. The van der Waals surface area contributed by atoms with Crippen LogP contribution in [0, 0.1) is 0 Å². The Hall–Kier alpha value is -3.60. The number of hydrogen-bond donors (Lipinski definition) is 3. The highest BCUT2D eigenvalue weighted by molar-refractivity contribution is 5.82. The zero-order valence-electron chi connectivity index (χ0n) is 22.7. The average molecular weight is 536 g/mol. The summed E-state index contributed by atoms with van der Waals surface area (Å²) in [5.74, 6) is 2.46. The Labute approximate surface area is 228 Å². The van der Waals surface area contributed by atoms with Gasteiger partial charge in [-0.25, -0.2) is 9.78 Å². The van der Waals surface area contributed by atoms with Gasteiger partial charge in [0.2, 0.25) is 5.52 Å². The minimum Gasteiger partial charge on any atom is -0.495 e. The van der Waals surface area contributed by atoms with E-state index in [-0.39, 0.29) is 6.03 Å². The standard InChI is InChI=1S/C28H38N8O3/c1-38-23-17-20(19-9-11-35(12-10-19)28(37)36-13-15-39-16-14-36)7-8-22(23)32-27-33-25-24(29-18-30-25)26(34-27)31-21-5-3-2-4-6-21/h7-8,17-19,21H,2-6,9-16H2,1H3,(H3,29,30,31,32,33,34)/p+1. The van der Waals surface area contributed by atoms with Crippen LogP contribution in [0.3, 0.4) is 0 Å². The number of urea groups is 1. The molecule has 39 heavy (non-hydrogen) atoms. The lowest BCUT2D eigenvalue weighted by atomic mass is 9.89. The van der Waals surface area contributed by atoms with E-state index in [1.54, 1.807) is 13.4 Å². The van der Waals surface area contributed by atoms with Crippen molar-refractivity contribution in [2.75, 3.05) is 57.1 Å². The molecule has 0 spiro atoms. The summed E-state index contributed by atoms with van der Waals surface area (Å²) in [5.41, 5.74) is 3.68. The molecule has 3 aliphatic rings. The van der Waals surface area contributed by atoms with Crippen LogP contribution in [0.1, 0.15) is 56.4 Å². The summed E-state index contributed by atoms with van der Waals surface area (Å²) in [6.45, 7) is 4.15. The van der Waals surface area contributed by atoms with Crippen LogP contribution in [0.15, 0.2) is 24.5 Å². The lowest BCUT2D eigenvalue weighted by Gasteiger charge is -2.37. The molecule has 6 rings (SSSR count). The van der Waals surface area contributed by atoms with Crippen LogP contribution in [0.25, 0.3) is 11.2 Å². The Morgan fingerprint density at radius 2 is 1.82 bits per heavy atom. The summed E-state index contributed by atoms with van der Waals surface area (Å²) >= 11 is 0. The van der Waals surface area contributed by atoms with Gasteiger partial charge in [0.25, 0.3) is 0 Å². The van der Waals surface area contributed by atoms with E-state index in [0.717, 1.165) is 67.2 Å². The number of aromatic amines is 2. The average Bonchev–Trinajstić information content (AvgIpc) is 3.47. The summed E-state index contributed by atoms with van der Waals surface area (Å²) in [6, 6.07) is 6.87. The molecule has 11 heteroatoms. The number of nitrogens with one attached hydrogen (secondary N) is 4. The predicted octanol–water partition coefficient (Wildman–Crippen LogP) is 3.90. The first kappa shape index (κ1) is 25.7. The second kappa shape index (κ2) is 11.6. The second-order valence-corrected chi connectivity index (χ2v) is 10.8. The molecule has 0 radical (unpaired) electrons. The summed E-state index contributed by atoms with van der Waals surface area (Å²) in [7, 11) is 1.69. The fourth-order valence-electron chi connectivity index (χ4n) is 6.02. The van der Waals surface area contributed by atoms with Crippen molar-refractivity contribution in [2.24, 2.45) is 0 Å². The molecule has 1 saturated carbocycles. The number of nitrogens with zero attached hydrogens (tertiary/aromatic N) is 4. The van der Waals surface area contributed by atoms with Crippen molar-refractivity contribution in [1.82, 2.24) is 24.8 Å². The number of rotatable bonds is 6. The van der Waals surface area contributed by atoms with Crippen LogP contribution in [-0.2, 0) is 4.74 Å². The summed E-state index contributed by atoms with van der Waals surface area (Å²) in [6.07, 6.45) is 9.78. The van der Waals surface area contributed by atoms with E-state index >= 15 is 0 Å². The van der Waals surface area contributed by atoms with E-state index in [4.69, 9.17) is 14.5 Å². The number of carbonyl (C=O) groups excluding carboxylic acids is 1. The van der Waals surface area contributed by atoms with Gasteiger partial charge in [-0.1, -0.05) is 30.3 Å². The zero-order chi connectivity index (χ0) is 26.6. The number of H-pyrrole nitrogens is 2. The fraction of sp³-hybridized carbons (Fsp3) is 0.571. The number of likely N-dealkylation sites (tertiary alicyclic amines) is 1. The fourth-order valence-corrected chi connectivity index (χ4v) is 6.02. The third-order valence-electron chi connectivity index (χ3n) is 8.27. The normalized spacial score (nSPS) is 19.3. The topological polar surface area (TPSA) is 122 Å². The number of aromatic nitrogens is 4. The monoisotopic (exact) mass is 535 g/mol. The number of hydrogen-bond acceptors (Lipinski definition) is 7. The number of methoxy groups -OCH3 is 1. The highest BCUT2D eigenvalue weighted by Gasteiger charge is 2.28. The number of benzene rings is 1. The van der Waals surface area contributed by atoms with Gasteiger partial charge in [-0.05, 0) is 49.3 Å². The number of imidazole rings is 1. The van der Waals surface area contributed by atoms with Crippen LogP contribution >= 0.6 is 0 Å². The molecule has 0 bridgehead atoms. The lowest BCUT2D eigenvalue weighted by Crippen LogP contribution is -2.50. The largest absolute Gasteiger partial charge is 0.495 e. The number of morpholine rings is 1. The molecule has 2 amide bonds. The van der Waals surface area contributed by atoms with Crippen LogP contribution in [0.2, 0.25) is 0 Å². The molecule has 4 N–H and O–H groups in total. The van der Waals surface area contributed by atoms with Gasteiger partial charge in [0, 0.05) is 32.2 Å². The van der Waals surface area contributed by atoms with E-state index in [0.29, 0.717) is 44.2 Å². The molecular weight excluding hydrogens is 496 g/mol. The maximum atomic E-state index is 12.9. The minimum absolute atomic E-state index is 0.142. The number of amides is 2. The Morgan fingerprint density at radius 3 is 2.59 bits per heavy atom. The number of anilines is 3. The molecule has 208 valence electrons. The quantitative estimate of drug-likeness (QED) is 0.438. The molecule has 2 aliphatic heterocycles. The van der Waals surface area contributed by atoms with E-state index in [2.05, 4.69) is 37.7 Å². The Bertz CT molecular complexity index is 1280. The molecule has 4 heterocycles. The van der Waals surface area contributed by atoms with Crippen LogP contribution in [-0.4, -0.2) is 83.3 Å². The van der Waals surface area contributed by atoms with Crippen LogP contribution in [0.4, 0.5) is 22.2 Å². The smallest absolute Gasteiger partial charge is 0.320 e. The Morgan fingerprint density at radius 1 is 1.05 bits per heavy atom. The first-order valence-corrected chi connectivity index (χ1v) is 14.3. The van der Waals surface area contributed by atoms with E-state index in [9.17, 15) is 4.79 Å². The highest BCUT2D eigenvalue weighted by atomic mass is 16.5. The van der Waals surface area contributed by atoms with Crippen molar-refractivity contribution in [2.45, 2.75) is 56.9 Å². The lowest BCUT2D eigenvalue weighted by molar-refractivity contribution is -0.347. The van der Waals surface area contributed by atoms with Gasteiger partial charge in [0.05, 0.1) is 26.0 Å². The van der Waals surface area contributed by atoms with Crippen molar-refractivity contribution < 1.29 is 19.3 Å². The number of carbonyl (C=O) groups is 1. The first-order valence-electron chi connectivity index (χ1n) is 14.3. The molecule has 3 aromatic rings. The van der Waals surface area contributed by atoms with Crippen LogP contribution in [0.5, 0.6) is 5.75 Å². The third kappa shape index (κ3) is 5.73. The molecule has 2 aromatic heterocycles. The Balaban J connectivity index is 1.14. The van der Waals surface area contributed by atoms with Gasteiger partial charge in [0.15, 0.2) is 12.1 Å². The summed E-state index contributed by atoms with van der Waals surface area (Å²) < 4.78 is 11.2. The summed E-state index contributed by atoms with van der Waals surface area (Å²) in [5, 5.41) is 7.02. The van der Waals surface area contributed by atoms with Gasteiger partial charge in [-0.15, -0.1) is 0 Å². The zero-order valence-corrected chi connectivity index (χ0v) is 22.7. The van der Waals surface area contributed by atoms with E-state index in [1.165, 1.54) is 24.8 Å². The van der Waals surface area contributed by atoms with Crippen LogP contribution < -0.4 is 20.4 Å². The number of ether oxygens (including phenoxy) is 2. The van der Waals surface area contributed by atoms with Gasteiger partial charge in [-0.3, -0.25) is 4.98 Å². The number of fused-ring (bicyclic) bond motifs is 1. The molecule has 0 unspecified atom stereocenters. The molecule has 1 aromatic carbocycles. The highest BCUT2D eigenvalue weighted by Crippen LogP contribution is 2.35. The van der Waals surface area contributed by atoms with Gasteiger partial charge >= 0.3 is 17.6 Å². The van der Waals surface area contributed by atoms with E-state index < -0.39 is 0 Å². The second-order valence-electron chi connectivity index (χ2n) is 10.8. The maximum Gasteiger partial charge on any atom is 0.320 e. The molecule has 11 nitrogen and oxygen atoms in total. The molecular formula is C28H39N8O3+. The molecule has 3 fully saturated rings. The third-order valence-corrected chi connectivity index (χ3v) is 8.27. The van der Waals surface area contributed by atoms with Crippen molar-refractivity contribution >= 4 is 34.6 Å². The minimum atomic E-state index is 0.142. The predicted molar refractivity (Wildman–Crippen MR) is 149 cm³/mol. The van der Waals surface area contributed by atoms with Crippen molar-refractivity contribution in [3.8, 4) is 5.75 Å². The maximum absolute atomic E-state index is 12.9. The first-order chi connectivity index (χ1) is 19.2. The van der Waals surface area contributed by atoms with Crippen molar-refractivity contribution in [3.63, 3.8) is 0 Å². The molecule has 0 atom stereocenters. The number of piperidine rings is 1.